The molecule has 104 valence electrons. The van der Waals surface area contributed by atoms with E-state index in [2.05, 4.69) is 4.98 Å². The molecule has 19 heavy (non-hydrogen) atoms. The molecule has 0 bridgehead atoms. The SMILES string of the molecule is CC(C)Oc1nc(C(=O)N(C)C)ccc1OC1CC1. The van der Waals surface area contributed by atoms with Crippen LogP contribution in [0.1, 0.15) is 37.2 Å². The zero-order valence-electron chi connectivity index (χ0n) is 11.8. The van der Waals surface area contributed by atoms with Gasteiger partial charge in [-0.15, -0.1) is 0 Å². The van der Waals surface area contributed by atoms with Gasteiger partial charge in [-0.25, -0.2) is 4.98 Å². The lowest BCUT2D eigenvalue weighted by molar-refractivity contribution is 0.0819. The van der Waals surface area contributed by atoms with Gasteiger partial charge in [0, 0.05) is 14.1 Å². The van der Waals surface area contributed by atoms with E-state index < -0.39 is 0 Å². The lowest BCUT2D eigenvalue weighted by Gasteiger charge is -2.16. The van der Waals surface area contributed by atoms with Gasteiger partial charge in [0.05, 0.1) is 12.2 Å². The molecule has 0 saturated heterocycles. The van der Waals surface area contributed by atoms with Crippen LogP contribution in [0.3, 0.4) is 0 Å². The molecule has 5 nitrogen and oxygen atoms in total. The van der Waals surface area contributed by atoms with Crippen molar-refractivity contribution >= 4 is 5.91 Å². The number of aromatic nitrogens is 1. The van der Waals surface area contributed by atoms with Crippen LogP contribution in [-0.4, -0.2) is 42.1 Å². The summed E-state index contributed by atoms with van der Waals surface area (Å²) in [5.74, 6) is 0.868. The fourth-order valence-electron chi connectivity index (χ4n) is 1.54. The molecule has 5 heteroatoms. The summed E-state index contributed by atoms with van der Waals surface area (Å²) in [5, 5.41) is 0. The first-order valence-electron chi connectivity index (χ1n) is 6.53. The number of amides is 1. The van der Waals surface area contributed by atoms with E-state index in [9.17, 15) is 4.79 Å². The van der Waals surface area contributed by atoms with Crippen LogP contribution in [-0.2, 0) is 0 Å². The first kappa shape index (κ1) is 13.6. The van der Waals surface area contributed by atoms with Crippen molar-refractivity contribution in [2.45, 2.75) is 38.9 Å². The Bertz CT molecular complexity index is 468. The van der Waals surface area contributed by atoms with Gasteiger partial charge in [0.15, 0.2) is 5.75 Å². The molecule has 1 aromatic rings. The Morgan fingerprint density at radius 2 is 2.05 bits per heavy atom. The molecule has 1 aromatic heterocycles. The van der Waals surface area contributed by atoms with Crippen LogP contribution in [0.2, 0.25) is 0 Å². The molecule has 0 atom stereocenters. The van der Waals surface area contributed by atoms with Gasteiger partial charge in [-0.2, -0.15) is 0 Å². The zero-order chi connectivity index (χ0) is 14.0. The van der Waals surface area contributed by atoms with E-state index in [0.29, 0.717) is 17.3 Å². The van der Waals surface area contributed by atoms with Crippen LogP contribution < -0.4 is 9.47 Å². The Hall–Kier alpha value is -1.78. The maximum absolute atomic E-state index is 11.9. The van der Waals surface area contributed by atoms with Gasteiger partial charge in [0.2, 0.25) is 0 Å². The first-order valence-corrected chi connectivity index (χ1v) is 6.53. The second-order valence-electron chi connectivity index (χ2n) is 5.18. The predicted octanol–water partition coefficient (Wildman–Crippen LogP) is 2.11. The maximum atomic E-state index is 11.9. The Morgan fingerprint density at radius 1 is 1.37 bits per heavy atom. The molecule has 1 amide bonds. The highest BCUT2D eigenvalue weighted by molar-refractivity contribution is 5.92. The Labute approximate surface area is 113 Å². The average Bonchev–Trinajstić information content (AvgIpc) is 3.13. The van der Waals surface area contributed by atoms with E-state index >= 15 is 0 Å². The number of hydrogen-bond acceptors (Lipinski definition) is 4. The topological polar surface area (TPSA) is 51.7 Å². The van der Waals surface area contributed by atoms with Crippen LogP contribution in [0.4, 0.5) is 0 Å². The summed E-state index contributed by atoms with van der Waals surface area (Å²) in [6.07, 6.45) is 2.39. The molecule has 1 saturated carbocycles. The van der Waals surface area contributed by atoms with Crippen molar-refractivity contribution < 1.29 is 14.3 Å². The summed E-state index contributed by atoms with van der Waals surface area (Å²) in [6, 6.07) is 3.44. The first-order chi connectivity index (χ1) is 8.97. The second kappa shape index (κ2) is 5.47. The minimum atomic E-state index is -0.147. The van der Waals surface area contributed by atoms with Crippen molar-refractivity contribution in [1.29, 1.82) is 0 Å². The molecular formula is C14H20N2O3. The summed E-state index contributed by atoms with van der Waals surface area (Å²) < 4.78 is 11.4. The molecule has 1 aliphatic rings. The molecule has 0 N–H and O–H groups in total. The van der Waals surface area contributed by atoms with Crippen molar-refractivity contribution in [2.24, 2.45) is 0 Å². The van der Waals surface area contributed by atoms with E-state index in [1.165, 1.54) is 4.90 Å². The van der Waals surface area contributed by atoms with Gasteiger partial charge in [0.25, 0.3) is 11.8 Å². The third-order valence-corrected chi connectivity index (χ3v) is 2.62. The largest absolute Gasteiger partial charge is 0.485 e. The molecule has 1 fully saturated rings. The molecule has 0 unspecified atom stereocenters. The van der Waals surface area contributed by atoms with Crippen LogP contribution in [0.15, 0.2) is 12.1 Å². The van der Waals surface area contributed by atoms with Gasteiger partial charge in [-0.3, -0.25) is 4.79 Å². The van der Waals surface area contributed by atoms with E-state index in [0.717, 1.165) is 12.8 Å². The van der Waals surface area contributed by atoms with Crippen LogP contribution in [0, 0.1) is 0 Å². The average molecular weight is 264 g/mol. The normalized spacial score (nSPS) is 14.4. The zero-order valence-corrected chi connectivity index (χ0v) is 11.8. The van der Waals surface area contributed by atoms with Gasteiger partial charge < -0.3 is 14.4 Å². The number of carbonyl (C=O) groups is 1. The van der Waals surface area contributed by atoms with Crippen molar-refractivity contribution in [3.05, 3.63) is 17.8 Å². The summed E-state index contributed by atoms with van der Waals surface area (Å²) >= 11 is 0. The highest BCUT2D eigenvalue weighted by Gasteiger charge is 2.26. The fourth-order valence-corrected chi connectivity index (χ4v) is 1.54. The number of rotatable bonds is 5. The molecule has 2 rings (SSSR count). The highest BCUT2D eigenvalue weighted by Crippen LogP contribution is 2.33. The smallest absolute Gasteiger partial charge is 0.272 e. The fraction of sp³-hybridized carbons (Fsp3) is 0.571. The third-order valence-electron chi connectivity index (χ3n) is 2.62. The van der Waals surface area contributed by atoms with Crippen molar-refractivity contribution in [3.63, 3.8) is 0 Å². The lowest BCUT2D eigenvalue weighted by atomic mass is 10.3. The summed E-state index contributed by atoms with van der Waals surface area (Å²) in [7, 11) is 3.39. The van der Waals surface area contributed by atoms with E-state index in [1.54, 1.807) is 26.2 Å². The molecule has 0 radical (unpaired) electrons. The Kier molecular flexibility index (Phi) is 3.93. The maximum Gasteiger partial charge on any atom is 0.272 e. The van der Waals surface area contributed by atoms with E-state index in [4.69, 9.17) is 9.47 Å². The van der Waals surface area contributed by atoms with Crippen LogP contribution in [0.25, 0.3) is 0 Å². The summed E-state index contributed by atoms with van der Waals surface area (Å²) in [5.41, 5.74) is 0.365. The number of hydrogen-bond donors (Lipinski definition) is 0. The number of nitrogens with zero attached hydrogens (tertiary/aromatic N) is 2. The number of carbonyl (C=O) groups excluding carboxylic acids is 1. The third kappa shape index (κ3) is 3.59. The van der Waals surface area contributed by atoms with Crippen molar-refractivity contribution in [2.75, 3.05) is 14.1 Å². The minimum Gasteiger partial charge on any atom is -0.485 e. The van der Waals surface area contributed by atoms with Gasteiger partial charge >= 0.3 is 0 Å². The molecule has 1 aliphatic carbocycles. The summed E-state index contributed by atoms with van der Waals surface area (Å²) in [6.45, 7) is 3.84. The van der Waals surface area contributed by atoms with Crippen LogP contribution >= 0.6 is 0 Å². The van der Waals surface area contributed by atoms with E-state index in [-0.39, 0.29) is 18.1 Å². The quantitative estimate of drug-likeness (QED) is 0.817. The highest BCUT2D eigenvalue weighted by atomic mass is 16.5. The van der Waals surface area contributed by atoms with Gasteiger partial charge in [0.1, 0.15) is 5.69 Å². The molecule has 0 spiro atoms. The van der Waals surface area contributed by atoms with Crippen molar-refractivity contribution in [1.82, 2.24) is 9.88 Å². The van der Waals surface area contributed by atoms with Crippen LogP contribution in [0.5, 0.6) is 11.6 Å². The van der Waals surface area contributed by atoms with Gasteiger partial charge in [-0.1, -0.05) is 0 Å². The monoisotopic (exact) mass is 264 g/mol. The predicted molar refractivity (Wildman–Crippen MR) is 71.7 cm³/mol. The number of pyridine rings is 1. The molecule has 0 aliphatic heterocycles. The second-order valence-corrected chi connectivity index (χ2v) is 5.18. The number of ether oxygens (including phenoxy) is 2. The Balaban J connectivity index is 2.26. The molecule has 0 aromatic carbocycles. The molecular weight excluding hydrogens is 244 g/mol. The van der Waals surface area contributed by atoms with Gasteiger partial charge in [-0.05, 0) is 38.8 Å². The Morgan fingerprint density at radius 3 is 2.58 bits per heavy atom. The summed E-state index contributed by atoms with van der Waals surface area (Å²) in [4.78, 5) is 17.7. The minimum absolute atomic E-state index is 0.0150. The van der Waals surface area contributed by atoms with Crippen molar-refractivity contribution in [3.8, 4) is 11.6 Å². The standard InChI is InChI=1S/C14H20N2O3/c1-9(2)18-13-12(19-10-5-6-10)8-7-11(15-13)14(17)16(3)4/h7-10H,5-6H2,1-4H3. The molecule has 1 heterocycles. The van der Waals surface area contributed by atoms with E-state index in [1.807, 2.05) is 13.8 Å². The lowest BCUT2D eigenvalue weighted by Crippen LogP contribution is -2.23.